The van der Waals surface area contributed by atoms with Gasteiger partial charge in [0.05, 0.1) is 11.2 Å². The van der Waals surface area contributed by atoms with Crippen LogP contribution in [0.5, 0.6) is 0 Å². The Bertz CT molecular complexity index is 2280. The van der Waals surface area contributed by atoms with Crippen molar-refractivity contribution in [2.75, 3.05) is 18.8 Å². The Morgan fingerprint density at radius 2 is 1.39 bits per heavy atom. The van der Waals surface area contributed by atoms with Gasteiger partial charge in [-0.3, -0.25) is 4.40 Å². The average Bonchev–Trinajstić information content (AvgIpc) is 3.53. The molecule has 2 N–H and O–H groups in total. The molecule has 9 rings (SSSR count). The van der Waals surface area contributed by atoms with Crippen molar-refractivity contribution in [2.24, 2.45) is 5.92 Å². The van der Waals surface area contributed by atoms with Gasteiger partial charge in [0.2, 0.25) is 0 Å². The van der Waals surface area contributed by atoms with Crippen molar-refractivity contribution in [3.8, 4) is 22.5 Å². The normalized spacial score (nSPS) is 18.4. The highest BCUT2D eigenvalue weighted by atomic mass is 19.1. The highest BCUT2D eigenvalue weighted by Gasteiger charge is 2.40. The number of hydrogen-bond donors (Lipinski definition) is 1. The van der Waals surface area contributed by atoms with Crippen LogP contribution >= 0.6 is 0 Å². The van der Waals surface area contributed by atoms with Gasteiger partial charge in [0, 0.05) is 46.8 Å². The Morgan fingerprint density at radius 1 is 0.725 bits per heavy atom. The molecule has 1 saturated carbocycles. The summed E-state index contributed by atoms with van der Waals surface area (Å²) in [6.45, 7) is 2.00. The molecule has 1 aliphatic carbocycles. The van der Waals surface area contributed by atoms with Crippen LogP contribution in [0.15, 0.2) is 122 Å². The minimum Gasteiger partial charge on any atom is -0.382 e. The summed E-state index contributed by atoms with van der Waals surface area (Å²) in [5, 5.41) is 1.07. The quantitative estimate of drug-likeness (QED) is 0.182. The number of rotatable bonds is 7. The maximum absolute atomic E-state index is 13.8. The van der Waals surface area contributed by atoms with Crippen LogP contribution in [0.3, 0.4) is 0 Å². The number of pyridine rings is 1. The maximum Gasteiger partial charge on any atom is 0.150 e. The number of anilines is 1. The van der Waals surface area contributed by atoms with Gasteiger partial charge >= 0.3 is 0 Å². The summed E-state index contributed by atoms with van der Waals surface area (Å²) in [7, 11) is 0. The van der Waals surface area contributed by atoms with Crippen LogP contribution in [0.1, 0.15) is 54.5 Å². The van der Waals surface area contributed by atoms with E-state index >= 15 is 0 Å². The fraction of sp³-hybridized carbons (Fsp3) is 0.233. The number of nitrogens with two attached hydrogens (primary N) is 1. The van der Waals surface area contributed by atoms with Crippen LogP contribution in [0.2, 0.25) is 0 Å². The van der Waals surface area contributed by atoms with Crippen LogP contribution < -0.4 is 5.73 Å². The van der Waals surface area contributed by atoms with Gasteiger partial charge < -0.3 is 10.6 Å². The molecule has 51 heavy (non-hydrogen) atoms. The summed E-state index contributed by atoms with van der Waals surface area (Å²) in [6, 6.07) is 34.9. The van der Waals surface area contributed by atoms with Crippen LogP contribution in [0.25, 0.3) is 38.9 Å². The fourth-order valence-electron chi connectivity index (χ4n) is 8.40. The Kier molecular flexibility index (Phi) is 8.04. The van der Waals surface area contributed by atoms with E-state index in [-0.39, 0.29) is 17.6 Å². The SMILES string of the molecule is Nc1nccn2c(C3CC(N4CCC(C(c5ccc(F)cc5)c5ccc(F)cc5)CC4)C3)nc(-c3ccc4ccc(-c5ccccc5)nc4c3)c12. The van der Waals surface area contributed by atoms with Crippen LogP contribution in [-0.4, -0.2) is 43.4 Å². The minimum atomic E-state index is -0.242. The van der Waals surface area contributed by atoms with Crippen molar-refractivity contribution in [2.45, 2.75) is 43.6 Å². The molecule has 0 bridgehead atoms. The molecular weight excluding hydrogens is 639 g/mol. The van der Waals surface area contributed by atoms with Crippen molar-refractivity contribution in [1.82, 2.24) is 24.3 Å². The van der Waals surface area contributed by atoms with Gasteiger partial charge in [-0.05, 0) is 92.2 Å². The highest BCUT2D eigenvalue weighted by molar-refractivity contribution is 5.91. The molecule has 7 aromatic rings. The molecule has 1 aliphatic heterocycles. The molecule has 3 aromatic heterocycles. The first-order valence-corrected chi connectivity index (χ1v) is 17.8. The van der Waals surface area contributed by atoms with Gasteiger partial charge in [0.15, 0.2) is 0 Å². The van der Waals surface area contributed by atoms with E-state index in [1.807, 2.05) is 48.7 Å². The molecule has 4 heterocycles. The maximum atomic E-state index is 13.8. The van der Waals surface area contributed by atoms with E-state index in [0.29, 0.717) is 23.7 Å². The summed E-state index contributed by atoms with van der Waals surface area (Å²) in [5.74, 6) is 1.81. The second kappa shape index (κ2) is 13.0. The molecule has 8 heteroatoms. The Morgan fingerprint density at radius 3 is 2.08 bits per heavy atom. The zero-order valence-electron chi connectivity index (χ0n) is 28.2. The Hall–Kier alpha value is -5.47. The van der Waals surface area contributed by atoms with Crippen LogP contribution in [0, 0.1) is 17.6 Å². The number of fused-ring (bicyclic) bond motifs is 2. The molecule has 254 valence electrons. The summed E-state index contributed by atoms with van der Waals surface area (Å²) < 4.78 is 29.8. The molecule has 1 saturated heterocycles. The molecule has 4 aromatic carbocycles. The van der Waals surface area contributed by atoms with Crippen LogP contribution in [0.4, 0.5) is 14.6 Å². The summed E-state index contributed by atoms with van der Waals surface area (Å²) in [4.78, 5) is 17.3. The van der Waals surface area contributed by atoms with E-state index in [9.17, 15) is 8.78 Å². The number of nitrogens with zero attached hydrogens (tertiary/aromatic N) is 5. The zero-order chi connectivity index (χ0) is 34.5. The zero-order valence-corrected chi connectivity index (χ0v) is 28.2. The standard InChI is InChI=1S/C43H38F2N6/c44-34-13-8-29(9-14-34)39(30-10-15-35(45)16-11-30)31-18-21-50(22-19-31)36-24-33(25-36)43-49-40(41-42(46)47-20-23-51(41)43)32-7-6-28-12-17-37(48-38(28)26-32)27-4-2-1-3-5-27/h1-17,20,23,26,31,33,36,39H,18-19,21-22,24-25H2,(H2,46,47). The van der Waals surface area contributed by atoms with E-state index in [2.05, 4.69) is 56.7 Å². The van der Waals surface area contributed by atoms with Crippen molar-refractivity contribution in [3.63, 3.8) is 0 Å². The predicted molar refractivity (Wildman–Crippen MR) is 198 cm³/mol. The lowest BCUT2D eigenvalue weighted by atomic mass is 9.74. The third-order valence-electron chi connectivity index (χ3n) is 11.1. The molecule has 0 amide bonds. The molecule has 0 spiro atoms. The number of halogens is 2. The number of likely N-dealkylation sites (tertiary alicyclic amines) is 1. The minimum absolute atomic E-state index is 0.103. The number of piperidine rings is 1. The lowest BCUT2D eigenvalue weighted by molar-refractivity contribution is 0.0660. The largest absolute Gasteiger partial charge is 0.382 e. The number of hydrogen-bond acceptors (Lipinski definition) is 5. The van der Waals surface area contributed by atoms with Gasteiger partial charge in [-0.15, -0.1) is 0 Å². The molecule has 0 unspecified atom stereocenters. The van der Waals surface area contributed by atoms with Gasteiger partial charge in [-0.1, -0.05) is 72.8 Å². The van der Waals surface area contributed by atoms with Gasteiger partial charge in [0.1, 0.15) is 34.5 Å². The average molecular weight is 677 g/mol. The second-order valence-electron chi connectivity index (χ2n) is 14.1. The first-order chi connectivity index (χ1) is 25.0. The molecule has 0 radical (unpaired) electrons. The van der Waals surface area contributed by atoms with E-state index < -0.39 is 0 Å². The van der Waals surface area contributed by atoms with Gasteiger partial charge in [-0.25, -0.2) is 23.7 Å². The smallest absolute Gasteiger partial charge is 0.150 e. The number of benzene rings is 4. The lowest BCUT2D eigenvalue weighted by Gasteiger charge is -2.46. The molecule has 0 atom stereocenters. The molecule has 2 aliphatic rings. The number of nitrogen functional groups attached to an aromatic ring is 1. The Balaban J connectivity index is 0.935. The van der Waals surface area contributed by atoms with Gasteiger partial charge in [-0.2, -0.15) is 0 Å². The molecule has 6 nitrogen and oxygen atoms in total. The third kappa shape index (κ3) is 5.93. The van der Waals surface area contributed by atoms with E-state index in [1.54, 1.807) is 6.20 Å². The Labute approximate surface area is 295 Å². The summed E-state index contributed by atoms with van der Waals surface area (Å²) in [6.07, 6.45) is 7.86. The van der Waals surface area contributed by atoms with Gasteiger partial charge in [0.25, 0.3) is 0 Å². The second-order valence-corrected chi connectivity index (χ2v) is 14.1. The van der Waals surface area contributed by atoms with Crippen molar-refractivity contribution < 1.29 is 8.78 Å². The first kappa shape index (κ1) is 31.5. The summed E-state index contributed by atoms with van der Waals surface area (Å²) >= 11 is 0. The van der Waals surface area contributed by atoms with E-state index in [1.165, 1.54) is 24.3 Å². The number of aromatic nitrogens is 4. The number of imidazole rings is 1. The first-order valence-electron chi connectivity index (χ1n) is 17.8. The predicted octanol–water partition coefficient (Wildman–Crippen LogP) is 9.26. The van der Waals surface area contributed by atoms with Crippen molar-refractivity contribution in [3.05, 3.63) is 150 Å². The van der Waals surface area contributed by atoms with E-state index in [0.717, 1.165) is 94.7 Å². The van der Waals surface area contributed by atoms with E-state index in [4.69, 9.17) is 15.7 Å². The fourth-order valence-corrected chi connectivity index (χ4v) is 8.40. The molecule has 2 fully saturated rings. The van der Waals surface area contributed by atoms with Crippen LogP contribution in [-0.2, 0) is 0 Å². The van der Waals surface area contributed by atoms with Crippen molar-refractivity contribution >= 4 is 22.2 Å². The summed E-state index contributed by atoms with van der Waals surface area (Å²) in [5.41, 5.74) is 14.3. The molecular formula is C43H38F2N6. The topological polar surface area (TPSA) is 72.3 Å². The van der Waals surface area contributed by atoms with Crippen molar-refractivity contribution in [1.29, 1.82) is 0 Å². The third-order valence-corrected chi connectivity index (χ3v) is 11.1. The lowest BCUT2D eigenvalue weighted by Crippen LogP contribution is -2.48. The monoisotopic (exact) mass is 676 g/mol. The highest BCUT2D eigenvalue weighted by Crippen LogP contribution is 2.45.